The van der Waals surface area contributed by atoms with Gasteiger partial charge >= 0.3 is 0 Å². The Morgan fingerprint density at radius 2 is 2.00 bits per heavy atom. The number of amides is 2. The summed E-state index contributed by atoms with van der Waals surface area (Å²) >= 11 is 0. The third kappa shape index (κ3) is 3.35. The second kappa shape index (κ2) is 6.16. The van der Waals surface area contributed by atoms with E-state index < -0.39 is 6.10 Å². The molecular weight excluding hydrogens is 268 g/mol. The van der Waals surface area contributed by atoms with Gasteiger partial charge < -0.3 is 14.5 Å². The third-order valence-electron chi connectivity index (χ3n) is 3.90. The molecule has 0 radical (unpaired) electrons. The van der Waals surface area contributed by atoms with Gasteiger partial charge in [0.1, 0.15) is 11.8 Å². The van der Waals surface area contributed by atoms with Gasteiger partial charge in [-0.15, -0.1) is 0 Å². The van der Waals surface area contributed by atoms with Gasteiger partial charge in [0.2, 0.25) is 5.91 Å². The Hall–Kier alpha value is -2.04. The highest BCUT2D eigenvalue weighted by molar-refractivity contribution is 5.90. The van der Waals surface area contributed by atoms with Crippen LogP contribution in [0.15, 0.2) is 24.3 Å². The highest BCUT2D eigenvalue weighted by atomic mass is 16.5. The van der Waals surface area contributed by atoms with E-state index in [1.807, 2.05) is 31.2 Å². The predicted molar refractivity (Wildman–Crippen MR) is 80.1 cm³/mol. The molecule has 2 rings (SSSR count). The molecule has 1 fully saturated rings. The number of hydrogen-bond donors (Lipinski definition) is 0. The molecule has 1 saturated heterocycles. The Morgan fingerprint density at radius 3 is 2.52 bits per heavy atom. The standard InChI is InChI=1S/C16H22N2O3/c1-11-5-7-13(8-6-11)21-12(2)15(19)18(4)14-9-10-17(3)16(14)20/h5-8,12,14H,9-10H2,1-4H3. The number of rotatable bonds is 4. The lowest BCUT2D eigenvalue weighted by atomic mass is 10.2. The minimum Gasteiger partial charge on any atom is -0.481 e. The van der Waals surface area contributed by atoms with E-state index in [0.29, 0.717) is 18.7 Å². The summed E-state index contributed by atoms with van der Waals surface area (Å²) in [6, 6.07) is 7.19. The molecule has 1 aromatic carbocycles. The average Bonchev–Trinajstić information content (AvgIpc) is 2.80. The van der Waals surface area contributed by atoms with Crippen LogP contribution in [0.2, 0.25) is 0 Å². The monoisotopic (exact) mass is 290 g/mol. The number of nitrogens with zero attached hydrogens (tertiary/aromatic N) is 2. The minimum absolute atomic E-state index is 0.00612. The molecule has 0 bridgehead atoms. The van der Waals surface area contributed by atoms with Crippen molar-refractivity contribution in [2.45, 2.75) is 32.4 Å². The van der Waals surface area contributed by atoms with E-state index in [2.05, 4.69) is 0 Å². The SMILES string of the molecule is Cc1ccc(OC(C)C(=O)N(C)C2CCN(C)C2=O)cc1. The normalized spacial score (nSPS) is 19.5. The first-order valence-electron chi connectivity index (χ1n) is 7.15. The lowest BCUT2D eigenvalue weighted by molar-refractivity contribution is -0.144. The molecule has 2 amide bonds. The Morgan fingerprint density at radius 1 is 1.38 bits per heavy atom. The van der Waals surface area contributed by atoms with Crippen molar-refractivity contribution in [1.82, 2.24) is 9.80 Å². The van der Waals surface area contributed by atoms with Gasteiger partial charge in [-0.3, -0.25) is 9.59 Å². The molecule has 114 valence electrons. The second-order valence-electron chi connectivity index (χ2n) is 5.59. The van der Waals surface area contributed by atoms with Crippen molar-refractivity contribution in [3.05, 3.63) is 29.8 Å². The van der Waals surface area contributed by atoms with Crippen LogP contribution in [0.3, 0.4) is 0 Å². The van der Waals surface area contributed by atoms with Crippen LogP contribution < -0.4 is 4.74 Å². The van der Waals surface area contributed by atoms with Gasteiger partial charge in [0.25, 0.3) is 5.91 Å². The maximum Gasteiger partial charge on any atom is 0.263 e. The van der Waals surface area contributed by atoms with Crippen molar-refractivity contribution in [2.75, 3.05) is 20.6 Å². The molecule has 1 aliphatic heterocycles. The fraction of sp³-hybridized carbons (Fsp3) is 0.500. The van der Waals surface area contributed by atoms with Crippen molar-refractivity contribution >= 4 is 11.8 Å². The first kappa shape index (κ1) is 15.4. The molecule has 2 unspecified atom stereocenters. The van der Waals surface area contributed by atoms with Crippen LogP contribution in [-0.4, -0.2) is 54.4 Å². The van der Waals surface area contributed by atoms with Gasteiger partial charge in [-0.25, -0.2) is 0 Å². The highest BCUT2D eigenvalue weighted by Crippen LogP contribution is 2.18. The molecular formula is C16H22N2O3. The Labute approximate surface area is 125 Å². The number of aryl methyl sites for hydroxylation is 1. The summed E-state index contributed by atoms with van der Waals surface area (Å²) in [4.78, 5) is 27.5. The predicted octanol–water partition coefficient (Wildman–Crippen LogP) is 1.45. The molecule has 1 aromatic rings. The lowest BCUT2D eigenvalue weighted by Gasteiger charge is -2.26. The largest absolute Gasteiger partial charge is 0.481 e. The summed E-state index contributed by atoms with van der Waals surface area (Å²) in [6.45, 7) is 4.39. The van der Waals surface area contributed by atoms with E-state index in [1.165, 1.54) is 4.90 Å². The molecule has 0 aromatic heterocycles. The Kier molecular flexibility index (Phi) is 4.50. The first-order chi connectivity index (χ1) is 9.90. The average molecular weight is 290 g/mol. The summed E-state index contributed by atoms with van der Waals surface area (Å²) < 4.78 is 5.66. The smallest absolute Gasteiger partial charge is 0.263 e. The van der Waals surface area contributed by atoms with Crippen molar-refractivity contribution < 1.29 is 14.3 Å². The minimum atomic E-state index is -0.614. The van der Waals surface area contributed by atoms with Crippen LogP contribution >= 0.6 is 0 Å². The summed E-state index contributed by atoms with van der Waals surface area (Å²) in [5, 5.41) is 0. The number of carbonyl (C=O) groups excluding carboxylic acids is 2. The van der Waals surface area contributed by atoms with Crippen LogP contribution in [0.4, 0.5) is 0 Å². The fourth-order valence-corrected chi connectivity index (χ4v) is 2.48. The first-order valence-corrected chi connectivity index (χ1v) is 7.15. The Balaban J connectivity index is 1.98. The molecule has 0 spiro atoms. The zero-order chi connectivity index (χ0) is 15.6. The van der Waals surface area contributed by atoms with Gasteiger partial charge in [0.15, 0.2) is 6.10 Å². The molecule has 0 N–H and O–H groups in total. The second-order valence-corrected chi connectivity index (χ2v) is 5.59. The van der Waals surface area contributed by atoms with Crippen molar-refractivity contribution in [3.63, 3.8) is 0 Å². The maximum absolute atomic E-state index is 12.4. The van der Waals surface area contributed by atoms with E-state index in [9.17, 15) is 9.59 Å². The van der Waals surface area contributed by atoms with Gasteiger partial charge in [0, 0.05) is 20.6 Å². The summed E-state index contributed by atoms with van der Waals surface area (Å²) in [7, 11) is 3.42. The van der Waals surface area contributed by atoms with Crippen LogP contribution in [0.1, 0.15) is 18.9 Å². The lowest BCUT2D eigenvalue weighted by Crippen LogP contribution is -2.47. The molecule has 5 heteroatoms. The summed E-state index contributed by atoms with van der Waals surface area (Å²) in [5.41, 5.74) is 1.14. The number of carbonyl (C=O) groups is 2. The molecule has 2 atom stereocenters. The van der Waals surface area contributed by atoms with Crippen LogP contribution in [0.5, 0.6) is 5.75 Å². The van der Waals surface area contributed by atoms with E-state index in [0.717, 1.165) is 5.56 Å². The highest BCUT2D eigenvalue weighted by Gasteiger charge is 2.36. The number of likely N-dealkylation sites (N-methyl/N-ethyl adjacent to an activating group) is 2. The molecule has 1 aliphatic rings. The van der Waals surface area contributed by atoms with Gasteiger partial charge in [0.05, 0.1) is 0 Å². The number of benzene rings is 1. The van der Waals surface area contributed by atoms with Gasteiger partial charge in [-0.05, 0) is 32.4 Å². The summed E-state index contributed by atoms with van der Waals surface area (Å²) in [5.74, 6) is 0.474. The van der Waals surface area contributed by atoms with Crippen LogP contribution in [-0.2, 0) is 9.59 Å². The molecule has 1 heterocycles. The zero-order valence-electron chi connectivity index (χ0n) is 13.0. The fourth-order valence-electron chi connectivity index (χ4n) is 2.48. The Bertz CT molecular complexity index is 527. The van der Waals surface area contributed by atoms with Crippen molar-refractivity contribution in [2.24, 2.45) is 0 Å². The van der Waals surface area contributed by atoms with Gasteiger partial charge in [-0.2, -0.15) is 0 Å². The van der Waals surface area contributed by atoms with Crippen LogP contribution in [0.25, 0.3) is 0 Å². The third-order valence-corrected chi connectivity index (χ3v) is 3.90. The molecule has 0 aliphatic carbocycles. The van der Waals surface area contributed by atoms with Crippen molar-refractivity contribution in [1.29, 1.82) is 0 Å². The topological polar surface area (TPSA) is 49.9 Å². The van der Waals surface area contributed by atoms with E-state index in [-0.39, 0.29) is 17.9 Å². The van der Waals surface area contributed by atoms with E-state index in [4.69, 9.17) is 4.74 Å². The quantitative estimate of drug-likeness (QED) is 0.843. The van der Waals surface area contributed by atoms with E-state index in [1.54, 1.807) is 25.9 Å². The summed E-state index contributed by atoms with van der Waals surface area (Å²) in [6.07, 6.45) is 0.0610. The molecule has 5 nitrogen and oxygen atoms in total. The number of likely N-dealkylation sites (tertiary alicyclic amines) is 1. The number of ether oxygens (including phenoxy) is 1. The maximum atomic E-state index is 12.4. The zero-order valence-corrected chi connectivity index (χ0v) is 13.0. The van der Waals surface area contributed by atoms with Crippen molar-refractivity contribution in [3.8, 4) is 5.75 Å². The van der Waals surface area contributed by atoms with Gasteiger partial charge in [-0.1, -0.05) is 17.7 Å². The molecule has 0 saturated carbocycles. The van der Waals surface area contributed by atoms with E-state index >= 15 is 0 Å². The molecule has 21 heavy (non-hydrogen) atoms. The van der Waals surface area contributed by atoms with Crippen LogP contribution in [0, 0.1) is 6.92 Å². The number of hydrogen-bond acceptors (Lipinski definition) is 3.